The van der Waals surface area contributed by atoms with Crippen LogP contribution >= 0.6 is 0 Å². The fraction of sp³-hybridized carbons (Fsp3) is 0.600. The van der Waals surface area contributed by atoms with Crippen molar-refractivity contribution in [2.75, 3.05) is 39.5 Å². The largest absolute Gasteiger partial charge is 0.395 e. The summed E-state index contributed by atoms with van der Waals surface area (Å²) in [4.78, 5) is 1.94. The number of rotatable bonds is 11. The third-order valence-corrected chi connectivity index (χ3v) is 2.97. The van der Waals surface area contributed by atoms with Gasteiger partial charge in [0.1, 0.15) is 6.10 Å². The van der Waals surface area contributed by atoms with Crippen molar-refractivity contribution in [1.29, 1.82) is 0 Å². The average molecular weight is 299 g/mol. The lowest BCUT2D eigenvalue weighted by Gasteiger charge is -2.24. The summed E-state index contributed by atoms with van der Waals surface area (Å²) >= 11 is 0. The van der Waals surface area contributed by atoms with E-state index in [4.69, 9.17) is 20.1 Å². The molecule has 2 atom stereocenters. The molecular weight excluding hydrogens is 274 g/mol. The first kappa shape index (κ1) is 18.0. The standard InChI is InChI=1S/C15H25NO5/c17-7-6-16(8-13-4-2-1-3-5-13)9-14(19)11-21-12-15(20)10-18/h1-5,14-15,17-20H,6-12H2. The summed E-state index contributed by atoms with van der Waals surface area (Å²) in [6.07, 6.45) is -1.64. The minimum Gasteiger partial charge on any atom is -0.395 e. The lowest BCUT2D eigenvalue weighted by Crippen LogP contribution is -2.37. The van der Waals surface area contributed by atoms with Gasteiger partial charge >= 0.3 is 0 Å². The Morgan fingerprint density at radius 2 is 1.67 bits per heavy atom. The van der Waals surface area contributed by atoms with E-state index in [1.165, 1.54) is 0 Å². The zero-order chi connectivity index (χ0) is 15.5. The molecular formula is C15H25NO5. The quantitative estimate of drug-likeness (QED) is 0.428. The number of hydrogen-bond acceptors (Lipinski definition) is 6. The Labute approximate surface area is 125 Å². The van der Waals surface area contributed by atoms with Gasteiger partial charge in [-0.25, -0.2) is 0 Å². The molecule has 0 aliphatic carbocycles. The molecule has 6 heteroatoms. The third kappa shape index (κ3) is 8.11. The summed E-state index contributed by atoms with van der Waals surface area (Å²) in [5.74, 6) is 0. The minimum atomic E-state index is -0.921. The van der Waals surface area contributed by atoms with Gasteiger partial charge in [-0.3, -0.25) is 4.90 Å². The molecule has 1 aromatic carbocycles. The molecule has 0 fully saturated rings. The molecule has 0 spiro atoms. The molecule has 0 saturated heterocycles. The minimum absolute atomic E-state index is 0.00769. The van der Waals surface area contributed by atoms with E-state index in [0.29, 0.717) is 19.6 Å². The summed E-state index contributed by atoms with van der Waals surface area (Å²) in [5, 5.41) is 36.8. The van der Waals surface area contributed by atoms with Crippen molar-refractivity contribution < 1.29 is 25.2 Å². The Morgan fingerprint density at radius 3 is 2.29 bits per heavy atom. The number of hydrogen-bond donors (Lipinski definition) is 4. The lowest BCUT2D eigenvalue weighted by molar-refractivity contribution is -0.0327. The van der Waals surface area contributed by atoms with Gasteiger partial charge in [-0.1, -0.05) is 30.3 Å². The molecule has 0 radical (unpaired) electrons. The van der Waals surface area contributed by atoms with E-state index in [2.05, 4.69) is 0 Å². The maximum Gasteiger partial charge on any atom is 0.100 e. The van der Waals surface area contributed by atoms with Crippen molar-refractivity contribution in [2.24, 2.45) is 0 Å². The summed E-state index contributed by atoms with van der Waals surface area (Å²) in [6, 6.07) is 9.81. The van der Waals surface area contributed by atoms with Crippen LogP contribution in [0.3, 0.4) is 0 Å². The Balaban J connectivity index is 2.35. The van der Waals surface area contributed by atoms with E-state index in [0.717, 1.165) is 5.56 Å². The van der Waals surface area contributed by atoms with E-state index in [1.807, 2.05) is 35.2 Å². The Morgan fingerprint density at radius 1 is 1.00 bits per heavy atom. The zero-order valence-corrected chi connectivity index (χ0v) is 12.1. The van der Waals surface area contributed by atoms with Crippen LogP contribution in [0.4, 0.5) is 0 Å². The van der Waals surface area contributed by atoms with Gasteiger partial charge in [-0.2, -0.15) is 0 Å². The van der Waals surface area contributed by atoms with Crippen molar-refractivity contribution in [1.82, 2.24) is 4.90 Å². The number of nitrogens with zero attached hydrogens (tertiary/aromatic N) is 1. The molecule has 0 amide bonds. The molecule has 0 aliphatic rings. The maximum atomic E-state index is 9.92. The Kier molecular flexibility index (Phi) is 9.16. The van der Waals surface area contributed by atoms with Crippen LogP contribution in [0, 0.1) is 0 Å². The third-order valence-electron chi connectivity index (χ3n) is 2.97. The van der Waals surface area contributed by atoms with Crippen molar-refractivity contribution in [3.63, 3.8) is 0 Å². The van der Waals surface area contributed by atoms with E-state index in [-0.39, 0.29) is 26.4 Å². The van der Waals surface area contributed by atoms with E-state index in [9.17, 15) is 5.11 Å². The molecule has 1 rings (SSSR count). The predicted octanol–water partition coefficient (Wildman–Crippen LogP) is -0.788. The second-order valence-corrected chi connectivity index (χ2v) is 4.97. The van der Waals surface area contributed by atoms with Gasteiger partial charge in [0.25, 0.3) is 0 Å². The van der Waals surface area contributed by atoms with Crippen LogP contribution in [-0.2, 0) is 11.3 Å². The predicted molar refractivity (Wildman–Crippen MR) is 78.7 cm³/mol. The highest BCUT2D eigenvalue weighted by atomic mass is 16.5. The van der Waals surface area contributed by atoms with E-state index < -0.39 is 12.2 Å². The highest BCUT2D eigenvalue weighted by Gasteiger charge is 2.13. The summed E-state index contributed by atoms with van der Waals surface area (Å²) in [5.41, 5.74) is 1.11. The molecule has 0 aromatic heterocycles. The number of aliphatic hydroxyl groups excluding tert-OH is 4. The van der Waals surface area contributed by atoms with Crippen molar-refractivity contribution >= 4 is 0 Å². The molecule has 6 nitrogen and oxygen atoms in total. The molecule has 120 valence electrons. The Hall–Kier alpha value is -1.02. The molecule has 0 bridgehead atoms. The van der Waals surface area contributed by atoms with Crippen LogP contribution in [0.5, 0.6) is 0 Å². The van der Waals surface area contributed by atoms with E-state index in [1.54, 1.807) is 0 Å². The van der Waals surface area contributed by atoms with Crippen LogP contribution in [0.2, 0.25) is 0 Å². The number of ether oxygens (including phenoxy) is 1. The van der Waals surface area contributed by atoms with Crippen LogP contribution < -0.4 is 0 Å². The SMILES string of the molecule is OCCN(Cc1ccccc1)CC(O)COCC(O)CO. The molecule has 2 unspecified atom stereocenters. The fourth-order valence-corrected chi connectivity index (χ4v) is 1.96. The number of benzene rings is 1. The van der Waals surface area contributed by atoms with Crippen LogP contribution in [0.1, 0.15) is 5.56 Å². The maximum absolute atomic E-state index is 9.92. The average Bonchev–Trinajstić information content (AvgIpc) is 2.48. The first-order valence-electron chi connectivity index (χ1n) is 7.07. The fourth-order valence-electron chi connectivity index (χ4n) is 1.96. The second kappa shape index (κ2) is 10.7. The van der Waals surface area contributed by atoms with Gasteiger partial charge in [0.2, 0.25) is 0 Å². The van der Waals surface area contributed by atoms with Crippen molar-refractivity contribution in [2.45, 2.75) is 18.8 Å². The summed E-state index contributed by atoms with van der Waals surface area (Å²) in [6.45, 7) is 1.19. The first-order chi connectivity index (χ1) is 10.2. The van der Waals surface area contributed by atoms with E-state index >= 15 is 0 Å². The number of aliphatic hydroxyl groups is 4. The first-order valence-corrected chi connectivity index (χ1v) is 7.07. The summed E-state index contributed by atoms with van der Waals surface area (Å²) in [7, 11) is 0. The van der Waals surface area contributed by atoms with Gasteiger partial charge in [0.05, 0.1) is 32.5 Å². The zero-order valence-electron chi connectivity index (χ0n) is 12.1. The summed E-state index contributed by atoms with van der Waals surface area (Å²) < 4.78 is 5.13. The molecule has 4 N–H and O–H groups in total. The molecule has 1 aromatic rings. The molecule has 0 saturated carbocycles. The normalized spacial score (nSPS) is 14.3. The lowest BCUT2D eigenvalue weighted by atomic mass is 10.2. The van der Waals surface area contributed by atoms with Crippen LogP contribution in [-0.4, -0.2) is 77.1 Å². The molecule has 21 heavy (non-hydrogen) atoms. The monoisotopic (exact) mass is 299 g/mol. The van der Waals surface area contributed by atoms with Crippen molar-refractivity contribution in [3.8, 4) is 0 Å². The molecule has 0 aliphatic heterocycles. The topological polar surface area (TPSA) is 93.4 Å². The Bertz CT molecular complexity index is 362. The van der Waals surface area contributed by atoms with Crippen molar-refractivity contribution in [3.05, 3.63) is 35.9 Å². The smallest absolute Gasteiger partial charge is 0.100 e. The van der Waals surface area contributed by atoms with Crippen LogP contribution in [0.15, 0.2) is 30.3 Å². The van der Waals surface area contributed by atoms with Crippen LogP contribution in [0.25, 0.3) is 0 Å². The highest BCUT2D eigenvalue weighted by Crippen LogP contribution is 2.05. The van der Waals surface area contributed by atoms with Gasteiger partial charge < -0.3 is 25.2 Å². The van der Waals surface area contributed by atoms with Gasteiger partial charge in [0.15, 0.2) is 0 Å². The second-order valence-electron chi connectivity index (χ2n) is 4.97. The molecule has 0 heterocycles. The van der Waals surface area contributed by atoms with Gasteiger partial charge in [-0.05, 0) is 5.56 Å². The highest BCUT2D eigenvalue weighted by molar-refractivity contribution is 5.14. The van der Waals surface area contributed by atoms with Gasteiger partial charge in [-0.15, -0.1) is 0 Å². The van der Waals surface area contributed by atoms with Gasteiger partial charge in [0, 0.05) is 19.6 Å².